The predicted molar refractivity (Wildman–Crippen MR) is 284 cm³/mol. The van der Waals surface area contributed by atoms with Gasteiger partial charge in [-0.3, -0.25) is 0 Å². The second-order valence-electron chi connectivity index (χ2n) is 15.2. The number of rotatable bonds is 20. The average molecular weight is 981 g/mol. The van der Waals surface area contributed by atoms with Gasteiger partial charge in [0.2, 0.25) is 0 Å². The van der Waals surface area contributed by atoms with Gasteiger partial charge in [-0.1, -0.05) is 0 Å². The number of benzene rings is 8. The summed E-state index contributed by atoms with van der Waals surface area (Å²) in [5.41, 5.74) is 0. The van der Waals surface area contributed by atoms with Crippen LogP contribution in [0.5, 0.6) is 0 Å². The van der Waals surface area contributed by atoms with E-state index < -0.39 is 42.3 Å². The molecule has 0 aliphatic rings. The third-order valence-electron chi connectivity index (χ3n) is 11.1. The Labute approximate surface area is 392 Å². The number of hydrogen-bond acceptors (Lipinski definition) is 0. The minimum atomic E-state index is -2.56. The van der Waals surface area contributed by atoms with Crippen molar-refractivity contribution in [3.05, 3.63) is 243 Å². The normalized spacial score (nSPS) is 13.0. The topological polar surface area (TPSA) is 0 Å². The van der Waals surface area contributed by atoms with E-state index in [0.717, 1.165) is 38.0 Å². The van der Waals surface area contributed by atoms with Gasteiger partial charge in [-0.25, -0.2) is 0 Å². The SMILES string of the molecule is [Cl][Ni]([Cl])([CH](CCCP(c1ccccc1)c1ccccc1)P(c1ccccc1)c1ccccc1)[CH](CCCP(c1ccccc1)c1ccccc1)P(c1ccccc1)c1ccccc1. The molecule has 0 aromatic heterocycles. The fourth-order valence-electron chi connectivity index (χ4n) is 8.18. The summed E-state index contributed by atoms with van der Waals surface area (Å²) in [6.07, 6.45) is 6.11. The van der Waals surface area contributed by atoms with Crippen molar-refractivity contribution in [1.29, 1.82) is 0 Å². The van der Waals surface area contributed by atoms with Crippen LogP contribution in [-0.4, -0.2) is 21.6 Å². The summed E-state index contributed by atoms with van der Waals surface area (Å²) >= 11 is 0. The van der Waals surface area contributed by atoms with Crippen molar-refractivity contribution < 1.29 is 10.6 Å². The first-order chi connectivity index (χ1) is 31.1. The van der Waals surface area contributed by atoms with Crippen molar-refractivity contribution >= 4 is 94.5 Å². The molecule has 0 radical (unpaired) electrons. The van der Waals surface area contributed by atoms with E-state index in [0.29, 0.717) is 0 Å². The Morgan fingerprint density at radius 2 is 0.476 bits per heavy atom. The maximum absolute atomic E-state index is 8.66. The molecule has 2 atom stereocenters. The maximum atomic E-state index is 8.66. The summed E-state index contributed by atoms with van der Waals surface area (Å²) in [4.78, 5) is 0. The Balaban J connectivity index is 1.23. The Morgan fingerprint density at radius 3 is 0.683 bits per heavy atom. The molecule has 0 nitrogen and oxygen atoms in total. The monoisotopic (exact) mass is 978 g/mol. The summed E-state index contributed by atoms with van der Waals surface area (Å²) < 4.78 is 0.125. The Morgan fingerprint density at radius 1 is 0.286 bits per heavy atom. The molecular formula is C56H54Cl2NiP4. The van der Waals surface area contributed by atoms with Gasteiger partial charge in [0.05, 0.1) is 0 Å². The Kier molecular flexibility index (Phi) is 17.3. The van der Waals surface area contributed by atoms with Gasteiger partial charge in [0.25, 0.3) is 0 Å². The van der Waals surface area contributed by atoms with Crippen molar-refractivity contribution in [2.75, 3.05) is 12.3 Å². The Hall–Kier alpha value is -3.45. The molecule has 8 aromatic carbocycles. The van der Waals surface area contributed by atoms with Gasteiger partial charge < -0.3 is 0 Å². The molecule has 63 heavy (non-hydrogen) atoms. The molecule has 0 fully saturated rings. The van der Waals surface area contributed by atoms with Crippen LogP contribution >= 0.6 is 52.1 Å². The quantitative estimate of drug-likeness (QED) is 0.0527. The van der Waals surface area contributed by atoms with E-state index in [4.69, 9.17) is 20.4 Å². The second-order valence-corrected chi connectivity index (χ2v) is 31.9. The van der Waals surface area contributed by atoms with E-state index in [2.05, 4.69) is 243 Å². The standard InChI is InChI=1S/2C28H27P2.2ClH.Ni/c2*1-5-15-25(16-6-1)29(26-17-7-2-8-18-26)23-13-14-24-30(27-19-9-3-10-20-27)28-21-11-4-12-22-28;;;/h2*1-12,15-23H,13-14,24H2;2*1H;/q;;;;+2/p-2. The van der Waals surface area contributed by atoms with Crippen LogP contribution in [0.4, 0.5) is 0 Å². The van der Waals surface area contributed by atoms with Crippen LogP contribution in [0.1, 0.15) is 25.7 Å². The molecule has 0 saturated carbocycles. The van der Waals surface area contributed by atoms with Gasteiger partial charge in [0, 0.05) is 0 Å². The molecule has 0 aliphatic heterocycles. The molecule has 7 heteroatoms. The predicted octanol–water partition coefficient (Wildman–Crippen LogP) is 13.2. The van der Waals surface area contributed by atoms with Crippen LogP contribution in [0, 0.1) is 0 Å². The first-order valence-electron chi connectivity index (χ1n) is 21.6. The molecule has 0 N–H and O–H groups in total. The van der Waals surface area contributed by atoms with Gasteiger partial charge in [-0.05, 0) is 0 Å². The van der Waals surface area contributed by atoms with Gasteiger partial charge >= 0.3 is 395 Å². The van der Waals surface area contributed by atoms with Crippen LogP contribution in [0.2, 0.25) is 0 Å². The van der Waals surface area contributed by atoms with E-state index in [1.807, 2.05) is 0 Å². The van der Waals surface area contributed by atoms with Crippen molar-refractivity contribution in [3.8, 4) is 0 Å². The zero-order chi connectivity index (χ0) is 43.1. The average Bonchev–Trinajstić information content (AvgIpc) is 3.35. The van der Waals surface area contributed by atoms with Crippen LogP contribution in [-0.2, 0) is 10.6 Å². The van der Waals surface area contributed by atoms with E-state index >= 15 is 0 Å². The second kappa shape index (κ2) is 23.7. The molecular weight excluding hydrogens is 926 g/mol. The zero-order valence-electron chi connectivity index (χ0n) is 35.4. The number of halogens is 2. The van der Waals surface area contributed by atoms with Crippen LogP contribution in [0.25, 0.3) is 0 Å². The molecule has 322 valence electrons. The third kappa shape index (κ3) is 12.1. The van der Waals surface area contributed by atoms with Crippen LogP contribution < -0.4 is 42.4 Å². The molecule has 0 spiro atoms. The zero-order valence-corrected chi connectivity index (χ0v) is 41.4. The Bertz CT molecular complexity index is 2170. The summed E-state index contributed by atoms with van der Waals surface area (Å²) in [7, 11) is 11.7. The van der Waals surface area contributed by atoms with Crippen molar-refractivity contribution in [3.63, 3.8) is 0 Å². The summed E-state index contributed by atoms with van der Waals surface area (Å²) in [5.74, 6) is 0. The number of hydrogen-bond donors (Lipinski definition) is 0. The van der Waals surface area contributed by atoms with Crippen molar-refractivity contribution in [2.24, 2.45) is 0 Å². The van der Waals surface area contributed by atoms with E-state index in [-0.39, 0.29) is 9.26 Å². The molecule has 8 rings (SSSR count). The van der Waals surface area contributed by atoms with E-state index in [9.17, 15) is 0 Å². The first-order valence-corrected chi connectivity index (χ1v) is 31.4. The minimum absolute atomic E-state index is 0.0625. The first kappa shape index (κ1) is 46.1. The van der Waals surface area contributed by atoms with Crippen LogP contribution in [0.3, 0.4) is 0 Å². The van der Waals surface area contributed by atoms with Crippen LogP contribution in [0.15, 0.2) is 243 Å². The molecule has 0 bridgehead atoms. The van der Waals surface area contributed by atoms with Gasteiger partial charge in [0.15, 0.2) is 0 Å². The molecule has 2 unspecified atom stereocenters. The summed E-state index contributed by atoms with van der Waals surface area (Å²) in [5, 5.41) is 11.1. The molecule has 8 aromatic rings. The van der Waals surface area contributed by atoms with E-state index in [1.165, 1.54) is 42.4 Å². The summed E-state index contributed by atoms with van der Waals surface area (Å²) in [6.45, 7) is 0. The van der Waals surface area contributed by atoms with Gasteiger partial charge in [0.1, 0.15) is 0 Å². The van der Waals surface area contributed by atoms with E-state index in [1.54, 1.807) is 0 Å². The van der Waals surface area contributed by atoms with Crippen molar-refractivity contribution in [1.82, 2.24) is 0 Å². The van der Waals surface area contributed by atoms with Gasteiger partial charge in [-0.15, -0.1) is 0 Å². The third-order valence-corrected chi connectivity index (χ3v) is 31.6. The molecule has 0 aliphatic carbocycles. The molecule has 0 amide bonds. The fraction of sp³-hybridized carbons (Fsp3) is 0.143. The summed E-state index contributed by atoms with van der Waals surface area (Å²) in [6, 6.07) is 89.3. The molecule has 0 heterocycles. The van der Waals surface area contributed by atoms with Gasteiger partial charge in [-0.2, -0.15) is 0 Å². The fourth-order valence-corrected chi connectivity index (χ4v) is 28.9. The van der Waals surface area contributed by atoms with Crippen molar-refractivity contribution in [2.45, 2.75) is 34.9 Å². The molecule has 0 saturated heterocycles.